The number of hydrogen-bond acceptors (Lipinski definition) is 6. The van der Waals surface area contributed by atoms with Gasteiger partial charge in [-0.05, 0) is 32.4 Å². The zero-order chi connectivity index (χ0) is 21.3. The first-order chi connectivity index (χ1) is 14.4. The van der Waals surface area contributed by atoms with Gasteiger partial charge in [-0.15, -0.1) is 5.10 Å². The molecule has 0 aliphatic rings. The summed E-state index contributed by atoms with van der Waals surface area (Å²) in [6, 6.07) is 13.3. The Morgan fingerprint density at radius 1 is 1.17 bits per heavy atom. The summed E-state index contributed by atoms with van der Waals surface area (Å²) in [7, 11) is 0. The lowest BCUT2D eigenvalue weighted by molar-refractivity contribution is 0.102. The van der Waals surface area contributed by atoms with Gasteiger partial charge in [-0.1, -0.05) is 47.3 Å². The highest BCUT2D eigenvalue weighted by Crippen LogP contribution is 2.23. The number of carbonyl (C=O) groups excluding carboxylic acids is 1. The third-order valence-electron chi connectivity index (χ3n) is 4.82. The first-order valence-corrected chi connectivity index (χ1v) is 10.4. The van der Waals surface area contributed by atoms with Crippen LogP contribution in [0, 0.1) is 20.8 Å². The van der Waals surface area contributed by atoms with E-state index in [1.54, 1.807) is 0 Å². The van der Waals surface area contributed by atoms with Gasteiger partial charge in [0.2, 0.25) is 0 Å². The number of aryl methyl sites for hydroxylation is 2. The van der Waals surface area contributed by atoms with E-state index < -0.39 is 0 Å². The van der Waals surface area contributed by atoms with Gasteiger partial charge in [0.05, 0.1) is 12.3 Å². The van der Waals surface area contributed by atoms with Crippen LogP contribution < -0.4 is 5.69 Å². The second-order valence-corrected chi connectivity index (χ2v) is 7.95. The number of rotatable bonds is 7. The number of carbonyl (C=O) groups is 1. The van der Waals surface area contributed by atoms with E-state index in [2.05, 4.69) is 15.4 Å². The quantitative estimate of drug-likeness (QED) is 0.362. The molecule has 4 rings (SSSR count). The third kappa shape index (κ3) is 3.88. The van der Waals surface area contributed by atoms with Crippen LogP contribution in [0.5, 0.6) is 0 Å². The van der Waals surface area contributed by atoms with Crippen LogP contribution in [0.15, 0.2) is 56.9 Å². The highest BCUT2D eigenvalue weighted by Gasteiger charge is 2.20. The van der Waals surface area contributed by atoms with Crippen LogP contribution in [0.25, 0.3) is 5.82 Å². The second-order valence-electron chi connectivity index (χ2n) is 7.01. The molecule has 8 nitrogen and oxygen atoms in total. The summed E-state index contributed by atoms with van der Waals surface area (Å²) >= 11 is 1.24. The molecule has 154 valence electrons. The molecular weight excluding hydrogens is 402 g/mol. The Labute approximate surface area is 176 Å². The van der Waals surface area contributed by atoms with Crippen LogP contribution in [-0.4, -0.2) is 36.0 Å². The molecule has 30 heavy (non-hydrogen) atoms. The first-order valence-electron chi connectivity index (χ1n) is 9.42. The van der Waals surface area contributed by atoms with E-state index in [1.165, 1.54) is 16.3 Å². The molecule has 0 saturated heterocycles. The van der Waals surface area contributed by atoms with E-state index in [0.29, 0.717) is 28.8 Å². The van der Waals surface area contributed by atoms with Crippen LogP contribution in [0.1, 0.15) is 33.1 Å². The first kappa shape index (κ1) is 20.0. The molecule has 0 unspecified atom stereocenters. The maximum atomic E-state index is 12.9. The molecule has 0 amide bonds. The molecule has 0 bridgehead atoms. The van der Waals surface area contributed by atoms with Crippen LogP contribution in [0.3, 0.4) is 0 Å². The number of H-pyrrole nitrogens is 1. The lowest BCUT2D eigenvalue weighted by Crippen LogP contribution is -2.18. The van der Waals surface area contributed by atoms with Crippen molar-refractivity contribution in [3.8, 4) is 5.82 Å². The van der Waals surface area contributed by atoms with Crippen molar-refractivity contribution in [2.24, 2.45) is 0 Å². The SMILES string of the molecule is Cc1cc(-n2c(C)cc(C(=O)CSc3n[nH]c(=O)n3Cc3ccccc3)c2C)no1. The van der Waals surface area contributed by atoms with E-state index in [0.717, 1.165) is 17.0 Å². The van der Waals surface area contributed by atoms with Crippen molar-refractivity contribution < 1.29 is 9.32 Å². The van der Waals surface area contributed by atoms with Gasteiger partial charge in [0.25, 0.3) is 0 Å². The molecular formula is C21H21N5O3S. The molecule has 9 heteroatoms. The standard InChI is InChI=1S/C21H21N5O3S/c1-13-9-17(15(3)26(13)19-10-14(2)29-24-19)18(27)12-30-21-23-22-20(28)25(21)11-16-7-5-4-6-8-16/h4-10H,11-12H2,1-3H3,(H,22,28). The number of benzene rings is 1. The van der Waals surface area contributed by atoms with Gasteiger partial charge >= 0.3 is 5.69 Å². The molecule has 0 radical (unpaired) electrons. The Kier molecular flexibility index (Phi) is 5.45. The minimum absolute atomic E-state index is 0.0405. The van der Waals surface area contributed by atoms with Crippen LogP contribution in [0.2, 0.25) is 0 Å². The number of hydrogen-bond donors (Lipinski definition) is 1. The molecule has 0 spiro atoms. The Morgan fingerprint density at radius 2 is 1.93 bits per heavy atom. The number of nitrogens with one attached hydrogen (secondary N) is 1. The highest BCUT2D eigenvalue weighted by molar-refractivity contribution is 7.99. The molecule has 1 N–H and O–H groups in total. The van der Waals surface area contributed by atoms with E-state index in [1.807, 2.05) is 67.8 Å². The number of Topliss-reactive ketones (excluding diaryl/α,β-unsaturated/α-hetero) is 1. The number of ketones is 1. The monoisotopic (exact) mass is 423 g/mol. The van der Waals surface area contributed by atoms with E-state index in [9.17, 15) is 9.59 Å². The zero-order valence-corrected chi connectivity index (χ0v) is 17.7. The average Bonchev–Trinajstić information content (AvgIpc) is 3.39. The van der Waals surface area contributed by atoms with E-state index >= 15 is 0 Å². The maximum Gasteiger partial charge on any atom is 0.344 e. The summed E-state index contributed by atoms with van der Waals surface area (Å²) in [4.78, 5) is 25.1. The van der Waals surface area contributed by atoms with Gasteiger partial charge in [-0.2, -0.15) is 0 Å². The van der Waals surface area contributed by atoms with Crippen molar-refractivity contribution in [1.82, 2.24) is 24.5 Å². The van der Waals surface area contributed by atoms with Crippen molar-refractivity contribution in [2.75, 3.05) is 5.75 Å². The van der Waals surface area contributed by atoms with Gasteiger partial charge in [-0.25, -0.2) is 9.89 Å². The number of aromatic amines is 1. The molecule has 1 aromatic carbocycles. The minimum atomic E-state index is -0.298. The predicted octanol–water partition coefficient (Wildman–Crippen LogP) is 3.30. The van der Waals surface area contributed by atoms with Crippen molar-refractivity contribution in [1.29, 1.82) is 0 Å². The van der Waals surface area contributed by atoms with Gasteiger partial charge in [0.15, 0.2) is 16.8 Å². The van der Waals surface area contributed by atoms with Crippen molar-refractivity contribution >= 4 is 17.5 Å². The number of aromatic nitrogens is 5. The summed E-state index contributed by atoms with van der Waals surface area (Å²) in [6.45, 7) is 6.03. The summed E-state index contributed by atoms with van der Waals surface area (Å²) in [5.41, 5.74) is 3.01. The fourth-order valence-corrected chi connectivity index (χ4v) is 4.21. The number of nitrogens with zero attached hydrogens (tertiary/aromatic N) is 4. The third-order valence-corrected chi connectivity index (χ3v) is 5.79. The van der Waals surface area contributed by atoms with E-state index in [-0.39, 0.29) is 17.2 Å². The van der Waals surface area contributed by atoms with Crippen LogP contribution in [-0.2, 0) is 6.54 Å². The lowest BCUT2D eigenvalue weighted by atomic mass is 10.2. The lowest BCUT2D eigenvalue weighted by Gasteiger charge is -2.06. The van der Waals surface area contributed by atoms with Crippen LogP contribution >= 0.6 is 11.8 Å². The predicted molar refractivity (Wildman–Crippen MR) is 113 cm³/mol. The Balaban J connectivity index is 1.52. The summed E-state index contributed by atoms with van der Waals surface area (Å²) in [6.07, 6.45) is 0. The molecule has 4 aromatic rings. The molecule has 0 aliphatic carbocycles. The summed E-state index contributed by atoms with van der Waals surface area (Å²) in [5.74, 6) is 1.48. The Morgan fingerprint density at radius 3 is 2.63 bits per heavy atom. The largest absolute Gasteiger partial charge is 0.360 e. The topological polar surface area (TPSA) is 98.7 Å². The van der Waals surface area contributed by atoms with Gasteiger partial charge < -0.3 is 4.52 Å². The Hall–Kier alpha value is -3.33. The normalized spacial score (nSPS) is 11.2. The van der Waals surface area contributed by atoms with Gasteiger partial charge in [-0.3, -0.25) is 13.9 Å². The van der Waals surface area contributed by atoms with Crippen molar-refractivity contribution in [3.63, 3.8) is 0 Å². The smallest absolute Gasteiger partial charge is 0.344 e. The molecule has 0 fully saturated rings. The second kappa shape index (κ2) is 8.19. The zero-order valence-electron chi connectivity index (χ0n) is 16.9. The fourth-order valence-electron chi connectivity index (χ4n) is 3.38. The summed E-state index contributed by atoms with van der Waals surface area (Å²) in [5, 5.41) is 11.1. The van der Waals surface area contributed by atoms with E-state index in [4.69, 9.17) is 4.52 Å². The van der Waals surface area contributed by atoms with Gasteiger partial charge in [0.1, 0.15) is 5.76 Å². The van der Waals surface area contributed by atoms with Crippen molar-refractivity contribution in [3.05, 3.63) is 81.2 Å². The molecule has 3 heterocycles. The minimum Gasteiger partial charge on any atom is -0.360 e. The van der Waals surface area contributed by atoms with Crippen molar-refractivity contribution in [2.45, 2.75) is 32.5 Å². The van der Waals surface area contributed by atoms with Crippen LogP contribution in [0.4, 0.5) is 0 Å². The average molecular weight is 423 g/mol. The maximum absolute atomic E-state index is 12.9. The summed E-state index contributed by atoms with van der Waals surface area (Å²) < 4.78 is 8.60. The Bertz CT molecular complexity index is 1250. The fraction of sp³-hybridized carbons (Fsp3) is 0.238. The molecule has 0 aliphatic heterocycles. The number of thioether (sulfide) groups is 1. The highest BCUT2D eigenvalue weighted by atomic mass is 32.2. The van der Waals surface area contributed by atoms with Gasteiger partial charge in [0, 0.05) is 23.0 Å². The molecule has 0 saturated carbocycles. The molecule has 0 atom stereocenters. The molecule has 3 aromatic heterocycles.